The van der Waals surface area contributed by atoms with Crippen molar-refractivity contribution in [2.24, 2.45) is 11.1 Å². The summed E-state index contributed by atoms with van der Waals surface area (Å²) in [5, 5.41) is 12.5. The molecule has 0 fully saturated rings. The van der Waals surface area contributed by atoms with Crippen LogP contribution in [0.3, 0.4) is 0 Å². The zero-order chi connectivity index (χ0) is 28.2. The summed E-state index contributed by atoms with van der Waals surface area (Å²) in [4.78, 5) is 28.9. The second-order valence-electron chi connectivity index (χ2n) is 9.40. The SMILES string of the molecule is CC(C)(C)C[C@H](OC(N)=O)c1oc(-c2ccc(OC(F)F)c(O)c2)nc1C(=O)NCc1ccc(F)cc1F. The number of nitrogens with one attached hydrogen (secondary N) is 1. The number of halogens is 4. The van der Waals surface area contributed by atoms with Crippen molar-refractivity contribution in [1.82, 2.24) is 10.3 Å². The van der Waals surface area contributed by atoms with Crippen molar-refractivity contribution in [2.75, 3.05) is 0 Å². The molecule has 1 aromatic heterocycles. The van der Waals surface area contributed by atoms with Crippen LogP contribution in [0.25, 0.3) is 11.5 Å². The van der Waals surface area contributed by atoms with Gasteiger partial charge < -0.3 is 30.0 Å². The van der Waals surface area contributed by atoms with Crippen LogP contribution in [0.5, 0.6) is 11.5 Å². The van der Waals surface area contributed by atoms with E-state index in [0.29, 0.717) is 6.07 Å². The summed E-state index contributed by atoms with van der Waals surface area (Å²) in [6.07, 6.45) is -2.18. The molecular formula is C25H25F4N3O6. The Hall–Kier alpha value is -4.29. The molecule has 13 heteroatoms. The first-order valence-electron chi connectivity index (χ1n) is 11.2. The number of hydrogen-bond donors (Lipinski definition) is 3. The quantitative estimate of drug-likeness (QED) is 0.309. The number of nitrogens with two attached hydrogens (primary N) is 1. The Labute approximate surface area is 214 Å². The molecular weight excluding hydrogens is 514 g/mol. The number of aromatic nitrogens is 1. The minimum absolute atomic E-state index is 0.0100. The number of benzene rings is 2. The predicted octanol–water partition coefficient (Wildman–Crippen LogP) is 5.43. The van der Waals surface area contributed by atoms with Gasteiger partial charge in [-0.1, -0.05) is 26.8 Å². The lowest BCUT2D eigenvalue weighted by atomic mass is 9.88. The summed E-state index contributed by atoms with van der Waals surface area (Å²) in [6, 6.07) is 6.16. The fraction of sp³-hybridized carbons (Fsp3) is 0.320. The molecule has 3 rings (SSSR count). The smallest absolute Gasteiger partial charge is 0.405 e. The third kappa shape index (κ3) is 7.37. The van der Waals surface area contributed by atoms with E-state index >= 15 is 0 Å². The van der Waals surface area contributed by atoms with Gasteiger partial charge >= 0.3 is 12.7 Å². The van der Waals surface area contributed by atoms with Gasteiger partial charge in [-0.05, 0) is 36.1 Å². The van der Waals surface area contributed by atoms with E-state index in [0.717, 1.165) is 24.3 Å². The molecule has 0 unspecified atom stereocenters. The Kier molecular flexibility index (Phi) is 8.49. The standard InChI is InChI=1S/C25H25F4N3O6/c1-25(2,3)10-18(37-24(30)35)20-19(21(34)31-11-13-4-6-14(26)9-15(13)27)32-22(38-20)12-5-7-17(16(33)8-12)36-23(28)29/h4-9,18,23,33H,10-11H2,1-3H3,(H2,30,35)(H,31,34)/t18-/m0/s1. The Morgan fingerprint density at radius 3 is 2.45 bits per heavy atom. The molecule has 0 saturated carbocycles. The van der Waals surface area contributed by atoms with Crippen molar-refractivity contribution in [3.63, 3.8) is 0 Å². The third-order valence-corrected chi connectivity index (χ3v) is 5.09. The number of amides is 2. The summed E-state index contributed by atoms with van der Waals surface area (Å²) < 4.78 is 67.5. The van der Waals surface area contributed by atoms with Gasteiger partial charge in [-0.3, -0.25) is 4.79 Å². The first-order chi connectivity index (χ1) is 17.7. The van der Waals surface area contributed by atoms with Gasteiger partial charge in [-0.25, -0.2) is 18.6 Å². The lowest BCUT2D eigenvalue weighted by Gasteiger charge is -2.24. The number of nitrogens with zero attached hydrogens (tertiary/aromatic N) is 1. The molecule has 3 aromatic rings. The first-order valence-corrected chi connectivity index (χ1v) is 11.2. The monoisotopic (exact) mass is 539 g/mol. The van der Waals surface area contributed by atoms with Gasteiger partial charge in [0.2, 0.25) is 5.89 Å². The van der Waals surface area contributed by atoms with Crippen LogP contribution < -0.4 is 15.8 Å². The summed E-state index contributed by atoms with van der Waals surface area (Å²) in [5.41, 5.74) is 4.49. The van der Waals surface area contributed by atoms with Gasteiger partial charge in [-0.2, -0.15) is 8.78 Å². The number of phenols is 1. The topological polar surface area (TPSA) is 137 Å². The van der Waals surface area contributed by atoms with Gasteiger partial charge in [0.25, 0.3) is 5.91 Å². The number of carbonyl (C=O) groups excluding carboxylic acids is 2. The van der Waals surface area contributed by atoms with Crippen LogP contribution in [0, 0.1) is 17.0 Å². The number of primary amides is 1. The highest BCUT2D eigenvalue weighted by atomic mass is 19.3. The fourth-order valence-electron chi connectivity index (χ4n) is 3.49. The Morgan fingerprint density at radius 2 is 1.87 bits per heavy atom. The van der Waals surface area contributed by atoms with E-state index in [1.54, 1.807) is 0 Å². The minimum Gasteiger partial charge on any atom is -0.504 e. The lowest BCUT2D eigenvalue weighted by Crippen LogP contribution is -2.27. The van der Waals surface area contributed by atoms with E-state index in [-0.39, 0.29) is 41.4 Å². The van der Waals surface area contributed by atoms with Crippen LogP contribution in [0.4, 0.5) is 22.4 Å². The summed E-state index contributed by atoms with van der Waals surface area (Å²) in [7, 11) is 0. The number of ether oxygens (including phenoxy) is 2. The van der Waals surface area contributed by atoms with E-state index in [1.165, 1.54) is 6.07 Å². The molecule has 0 radical (unpaired) electrons. The highest BCUT2D eigenvalue weighted by Crippen LogP contribution is 2.38. The van der Waals surface area contributed by atoms with E-state index in [1.807, 2.05) is 20.8 Å². The molecule has 2 amide bonds. The van der Waals surface area contributed by atoms with Gasteiger partial charge in [0, 0.05) is 23.7 Å². The first kappa shape index (κ1) is 28.3. The lowest BCUT2D eigenvalue weighted by molar-refractivity contribution is -0.0512. The van der Waals surface area contributed by atoms with Crippen molar-refractivity contribution in [1.29, 1.82) is 0 Å². The zero-order valence-corrected chi connectivity index (χ0v) is 20.6. The molecule has 0 aliphatic heterocycles. The largest absolute Gasteiger partial charge is 0.504 e. The molecule has 0 saturated heterocycles. The maximum Gasteiger partial charge on any atom is 0.405 e. The third-order valence-electron chi connectivity index (χ3n) is 5.09. The summed E-state index contributed by atoms with van der Waals surface area (Å²) in [5.74, 6) is -4.11. The molecule has 2 aromatic carbocycles. The number of alkyl halides is 2. The Bertz CT molecular complexity index is 1320. The Morgan fingerprint density at radius 1 is 1.16 bits per heavy atom. The molecule has 0 spiro atoms. The van der Waals surface area contributed by atoms with Crippen LogP contribution in [0.15, 0.2) is 40.8 Å². The Balaban J connectivity index is 2.02. The van der Waals surface area contributed by atoms with Crippen molar-refractivity contribution in [3.8, 4) is 23.0 Å². The molecule has 1 atom stereocenters. The minimum atomic E-state index is -3.18. The van der Waals surface area contributed by atoms with Crippen molar-refractivity contribution in [3.05, 3.63) is 65.1 Å². The van der Waals surface area contributed by atoms with Crippen molar-refractivity contribution < 1.29 is 46.1 Å². The van der Waals surface area contributed by atoms with Crippen LogP contribution in [0.1, 0.15) is 55.1 Å². The van der Waals surface area contributed by atoms with E-state index in [4.69, 9.17) is 14.9 Å². The highest BCUT2D eigenvalue weighted by molar-refractivity contribution is 5.94. The number of oxazole rings is 1. The average molecular weight is 539 g/mol. The van der Waals surface area contributed by atoms with Gasteiger partial charge in [0.15, 0.2) is 29.1 Å². The van der Waals surface area contributed by atoms with Crippen molar-refractivity contribution >= 4 is 12.0 Å². The van der Waals surface area contributed by atoms with Crippen molar-refractivity contribution in [2.45, 2.75) is 46.5 Å². The number of carbonyl (C=O) groups is 2. The van der Waals surface area contributed by atoms with E-state index < -0.39 is 53.3 Å². The molecule has 0 aliphatic rings. The van der Waals surface area contributed by atoms with Gasteiger partial charge in [0.1, 0.15) is 11.6 Å². The average Bonchev–Trinajstić information content (AvgIpc) is 3.23. The summed E-state index contributed by atoms with van der Waals surface area (Å²) in [6.45, 7) is 1.98. The second-order valence-corrected chi connectivity index (χ2v) is 9.40. The maximum absolute atomic E-state index is 14.0. The van der Waals surface area contributed by atoms with E-state index in [2.05, 4.69) is 15.0 Å². The molecule has 0 aliphatic carbocycles. The maximum atomic E-state index is 14.0. The van der Waals surface area contributed by atoms with Crippen LogP contribution >= 0.6 is 0 Å². The molecule has 38 heavy (non-hydrogen) atoms. The van der Waals surface area contributed by atoms with E-state index in [9.17, 15) is 32.3 Å². The summed E-state index contributed by atoms with van der Waals surface area (Å²) >= 11 is 0. The molecule has 0 bridgehead atoms. The highest BCUT2D eigenvalue weighted by Gasteiger charge is 2.33. The molecule has 204 valence electrons. The number of hydrogen-bond acceptors (Lipinski definition) is 7. The predicted molar refractivity (Wildman–Crippen MR) is 125 cm³/mol. The normalized spacial score (nSPS) is 12.3. The molecule has 9 nitrogen and oxygen atoms in total. The number of aromatic hydroxyl groups is 1. The van der Waals surface area contributed by atoms with Crippen LogP contribution in [-0.2, 0) is 11.3 Å². The number of phenolic OH excluding ortho intramolecular Hbond substituents is 1. The van der Waals surface area contributed by atoms with Crippen LogP contribution in [-0.4, -0.2) is 28.7 Å². The fourth-order valence-corrected chi connectivity index (χ4v) is 3.49. The van der Waals surface area contributed by atoms with Crippen LogP contribution in [0.2, 0.25) is 0 Å². The molecule has 4 N–H and O–H groups in total. The number of rotatable bonds is 9. The van der Waals surface area contributed by atoms with Gasteiger partial charge in [-0.15, -0.1) is 0 Å². The van der Waals surface area contributed by atoms with Gasteiger partial charge in [0.05, 0.1) is 0 Å². The molecule has 1 heterocycles. The zero-order valence-electron chi connectivity index (χ0n) is 20.6. The second kappa shape index (κ2) is 11.4.